The lowest BCUT2D eigenvalue weighted by molar-refractivity contribution is 0.0330. The SMILES string of the molecule is Cc1noc(C)c1NC(=O)Nc1ccc2c(c1)C(=O)N([C@@H](C)CO)C[C@@H](C)[C@H](CN(C)CC1CCCCC1)O2. The molecule has 1 saturated carbocycles. The van der Waals surface area contributed by atoms with Crippen molar-refractivity contribution >= 4 is 23.3 Å². The number of rotatable bonds is 8. The molecule has 0 saturated heterocycles. The summed E-state index contributed by atoms with van der Waals surface area (Å²) in [5.74, 6) is 1.53. The molecule has 0 bridgehead atoms. The molecule has 3 N–H and O–H groups in total. The highest BCUT2D eigenvalue weighted by molar-refractivity contribution is 6.03. The maximum Gasteiger partial charge on any atom is 0.323 e. The monoisotopic (exact) mass is 541 g/mol. The van der Waals surface area contributed by atoms with E-state index in [0.29, 0.717) is 40.7 Å². The van der Waals surface area contributed by atoms with Gasteiger partial charge in [-0.1, -0.05) is 31.3 Å². The minimum absolute atomic E-state index is 0.0588. The zero-order chi connectivity index (χ0) is 28.1. The van der Waals surface area contributed by atoms with Gasteiger partial charge in [0.25, 0.3) is 5.91 Å². The topological polar surface area (TPSA) is 120 Å². The second-order valence-corrected chi connectivity index (χ2v) is 11.3. The van der Waals surface area contributed by atoms with E-state index in [4.69, 9.17) is 9.26 Å². The van der Waals surface area contributed by atoms with E-state index in [1.54, 1.807) is 36.9 Å². The van der Waals surface area contributed by atoms with Crippen molar-refractivity contribution in [1.29, 1.82) is 0 Å². The summed E-state index contributed by atoms with van der Waals surface area (Å²) in [5.41, 5.74) is 1.89. The van der Waals surface area contributed by atoms with Crippen LogP contribution >= 0.6 is 0 Å². The van der Waals surface area contributed by atoms with Crippen molar-refractivity contribution in [2.45, 2.75) is 71.9 Å². The number of nitrogens with one attached hydrogen (secondary N) is 2. The maximum atomic E-state index is 13.7. The number of benzene rings is 1. The Morgan fingerprint density at radius 3 is 2.62 bits per heavy atom. The summed E-state index contributed by atoms with van der Waals surface area (Å²) < 4.78 is 11.6. The number of hydrogen-bond donors (Lipinski definition) is 3. The van der Waals surface area contributed by atoms with Crippen LogP contribution in [0.3, 0.4) is 0 Å². The number of amides is 3. The van der Waals surface area contributed by atoms with Crippen LogP contribution in [0.2, 0.25) is 0 Å². The third-order valence-corrected chi connectivity index (χ3v) is 7.98. The van der Waals surface area contributed by atoms with Gasteiger partial charge in [-0.05, 0) is 64.8 Å². The van der Waals surface area contributed by atoms with Gasteiger partial charge < -0.3 is 34.8 Å². The number of aromatic nitrogens is 1. The molecule has 3 amide bonds. The number of aliphatic hydroxyl groups excluding tert-OH is 1. The quantitative estimate of drug-likeness (QED) is 0.444. The van der Waals surface area contributed by atoms with Crippen molar-refractivity contribution in [2.24, 2.45) is 11.8 Å². The summed E-state index contributed by atoms with van der Waals surface area (Å²) in [5, 5.41) is 19.3. The van der Waals surface area contributed by atoms with E-state index >= 15 is 0 Å². The molecule has 10 heteroatoms. The molecule has 0 unspecified atom stereocenters. The Morgan fingerprint density at radius 1 is 1.21 bits per heavy atom. The van der Waals surface area contributed by atoms with Gasteiger partial charge in [0.05, 0.1) is 18.2 Å². The molecule has 2 heterocycles. The first-order valence-corrected chi connectivity index (χ1v) is 14.1. The van der Waals surface area contributed by atoms with Gasteiger partial charge in [0.2, 0.25) is 0 Å². The predicted octanol–water partition coefficient (Wildman–Crippen LogP) is 4.67. The fraction of sp³-hybridized carbons (Fsp3) is 0.621. The van der Waals surface area contributed by atoms with Gasteiger partial charge in [0.1, 0.15) is 23.2 Å². The van der Waals surface area contributed by atoms with Crippen LogP contribution < -0.4 is 15.4 Å². The summed E-state index contributed by atoms with van der Waals surface area (Å²) >= 11 is 0. The molecule has 1 aromatic carbocycles. The Bertz CT molecular complexity index is 1130. The van der Waals surface area contributed by atoms with Crippen LogP contribution in [-0.4, -0.2) is 77.4 Å². The van der Waals surface area contributed by atoms with Crippen LogP contribution in [0, 0.1) is 25.7 Å². The Kier molecular flexibility index (Phi) is 9.50. The van der Waals surface area contributed by atoms with Crippen molar-refractivity contribution in [3.63, 3.8) is 0 Å². The lowest BCUT2D eigenvalue weighted by atomic mass is 9.89. The second kappa shape index (κ2) is 12.8. The molecule has 2 aliphatic rings. The minimum Gasteiger partial charge on any atom is -0.488 e. The molecule has 1 aliphatic carbocycles. The molecule has 0 spiro atoms. The first-order chi connectivity index (χ1) is 18.7. The lowest BCUT2D eigenvalue weighted by Crippen LogP contribution is -2.50. The van der Waals surface area contributed by atoms with E-state index in [0.717, 1.165) is 19.0 Å². The van der Waals surface area contributed by atoms with Crippen molar-refractivity contribution in [3.8, 4) is 5.75 Å². The van der Waals surface area contributed by atoms with E-state index in [1.807, 2.05) is 6.92 Å². The highest BCUT2D eigenvalue weighted by Gasteiger charge is 2.34. The van der Waals surface area contributed by atoms with E-state index in [1.165, 1.54) is 32.1 Å². The van der Waals surface area contributed by atoms with Crippen LogP contribution in [0.25, 0.3) is 0 Å². The second-order valence-electron chi connectivity index (χ2n) is 11.3. The Hall–Kier alpha value is -3.11. The van der Waals surface area contributed by atoms with Gasteiger partial charge in [0.15, 0.2) is 5.76 Å². The molecule has 39 heavy (non-hydrogen) atoms. The number of aryl methyl sites for hydroxylation is 2. The lowest BCUT2D eigenvalue weighted by Gasteiger charge is -2.38. The highest BCUT2D eigenvalue weighted by atomic mass is 16.5. The zero-order valence-corrected chi connectivity index (χ0v) is 23.8. The largest absolute Gasteiger partial charge is 0.488 e. The Balaban J connectivity index is 1.54. The summed E-state index contributed by atoms with van der Waals surface area (Å²) in [6.45, 7) is 9.52. The van der Waals surface area contributed by atoms with Gasteiger partial charge in [-0.2, -0.15) is 0 Å². The number of hydrogen-bond acceptors (Lipinski definition) is 7. The molecule has 4 rings (SSSR count). The molecular formula is C29H43N5O5. The number of likely N-dealkylation sites (N-methyl/N-ethyl adjacent to an activating group) is 1. The van der Waals surface area contributed by atoms with E-state index in [2.05, 4.69) is 34.7 Å². The van der Waals surface area contributed by atoms with Gasteiger partial charge in [-0.3, -0.25) is 4.79 Å². The number of urea groups is 1. The van der Waals surface area contributed by atoms with Crippen LogP contribution in [0.15, 0.2) is 22.7 Å². The third-order valence-electron chi connectivity index (χ3n) is 7.98. The van der Waals surface area contributed by atoms with E-state index < -0.39 is 6.03 Å². The van der Waals surface area contributed by atoms with E-state index in [9.17, 15) is 14.7 Å². The number of carbonyl (C=O) groups is 2. The molecule has 1 fully saturated rings. The number of carbonyl (C=O) groups excluding carboxylic acids is 2. The first-order valence-electron chi connectivity index (χ1n) is 14.1. The van der Waals surface area contributed by atoms with Crippen LogP contribution in [-0.2, 0) is 0 Å². The van der Waals surface area contributed by atoms with Crippen molar-refractivity contribution in [3.05, 3.63) is 35.2 Å². The highest BCUT2D eigenvalue weighted by Crippen LogP contribution is 2.31. The fourth-order valence-corrected chi connectivity index (χ4v) is 5.65. The normalized spacial score (nSPS) is 21.1. The Labute approximate surface area is 231 Å². The fourth-order valence-electron chi connectivity index (χ4n) is 5.65. The molecule has 1 aliphatic heterocycles. The van der Waals surface area contributed by atoms with Gasteiger partial charge in [0, 0.05) is 31.2 Å². The summed E-state index contributed by atoms with van der Waals surface area (Å²) in [6, 6.07) is 4.28. The van der Waals surface area contributed by atoms with Gasteiger partial charge in [-0.15, -0.1) is 0 Å². The third kappa shape index (κ3) is 7.10. The summed E-state index contributed by atoms with van der Waals surface area (Å²) in [4.78, 5) is 30.5. The number of fused-ring (bicyclic) bond motifs is 1. The first kappa shape index (κ1) is 28.9. The van der Waals surface area contributed by atoms with E-state index in [-0.39, 0.29) is 30.6 Å². The average Bonchev–Trinajstić information content (AvgIpc) is 3.23. The van der Waals surface area contributed by atoms with Crippen LogP contribution in [0.4, 0.5) is 16.2 Å². The maximum absolute atomic E-state index is 13.7. The van der Waals surface area contributed by atoms with Gasteiger partial charge in [-0.25, -0.2) is 4.79 Å². The predicted molar refractivity (Wildman–Crippen MR) is 150 cm³/mol. The van der Waals surface area contributed by atoms with Crippen LogP contribution in [0.1, 0.15) is 67.8 Å². The van der Waals surface area contributed by atoms with Crippen molar-refractivity contribution in [2.75, 3.05) is 43.9 Å². The standard InChI is InChI=1S/C29H43N5O5/c1-18-14-34(19(2)17-35)28(36)24-13-23(30-29(37)31-27-20(3)32-39-21(27)4)11-12-25(24)38-26(18)16-33(5)15-22-9-7-6-8-10-22/h11-13,18-19,22,26,35H,6-10,14-17H2,1-5H3,(H2,30,31,37)/t18-,19+,26+/m1/s1. The minimum atomic E-state index is -0.472. The number of ether oxygens (including phenoxy) is 1. The Morgan fingerprint density at radius 2 is 1.95 bits per heavy atom. The average molecular weight is 542 g/mol. The van der Waals surface area contributed by atoms with Crippen LogP contribution in [0.5, 0.6) is 5.75 Å². The van der Waals surface area contributed by atoms with Gasteiger partial charge >= 0.3 is 6.03 Å². The smallest absolute Gasteiger partial charge is 0.323 e. The van der Waals surface area contributed by atoms with Crippen molar-refractivity contribution in [1.82, 2.24) is 15.0 Å². The number of aliphatic hydroxyl groups is 1. The molecule has 2 aromatic rings. The molecule has 214 valence electrons. The molecule has 1 aromatic heterocycles. The molecular weight excluding hydrogens is 498 g/mol. The van der Waals surface area contributed by atoms with Crippen molar-refractivity contribution < 1.29 is 24.0 Å². The summed E-state index contributed by atoms with van der Waals surface area (Å²) in [7, 11) is 2.15. The molecule has 10 nitrogen and oxygen atoms in total. The molecule has 0 radical (unpaired) electrons. The molecule has 3 atom stereocenters. The zero-order valence-electron chi connectivity index (χ0n) is 23.8. The summed E-state index contributed by atoms with van der Waals surface area (Å²) in [6.07, 6.45) is 6.38. The number of nitrogens with zero attached hydrogens (tertiary/aromatic N) is 3. The number of anilines is 2.